The number of amides is 1. The molecule has 7 heteroatoms. The van der Waals surface area contributed by atoms with E-state index >= 15 is 0 Å². The van der Waals surface area contributed by atoms with Crippen LogP contribution in [0.25, 0.3) is 11.5 Å². The maximum absolute atomic E-state index is 12.5. The molecule has 0 atom stereocenters. The fraction of sp³-hybridized carbons (Fsp3) is 0.364. The summed E-state index contributed by atoms with van der Waals surface area (Å²) < 4.78 is 10.7. The highest BCUT2D eigenvalue weighted by atomic mass is 16.5. The number of hydrogen-bond acceptors (Lipinski definition) is 4. The quantitative estimate of drug-likeness (QED) is 0.541. The number of hydrogen-bond donors (Lipinski definition) is 3. The van der Waals surface area contributed by atoms with Crippen molar-refractivity contribution in [3.63, 3.8) is 0 Å². The Morgan fingerprint density at radius 1 is 1.07 bits per heavy atom. The average Bonchev–Trinajstić information content (AvgIpc) is 3.42. The first kappa shape index (κ1) is 19.4. The first-order valence-electron chi connectivity index (χ1n) is 10.3. The second-order valence-electron chi connectivity index (χ2n) is 7.57. The first-order chi connectivity index (χ1) is 14.2. The van der Waals surface area contributed by atoms with Crippen molar-refractivity contribution in [3.8, 4) is 11.5 Å². The molecule has 0 spiro atoms. The topological polar surface area (TPSA) is 77.1 Å². The zero-order valence-corrected chi connectivity index (χ0v) is 16.7. The van der Waals surface area contributed by atoms with E-state index in [0.29, 0.717) is 18.1 Å². The van der Waals surface area contributed by atoms with Crippen molar-refractivity contribution >= 4 is 11.6 Å². The van der Waals surface area contributed by atoms with Gasteiger partial charge in [-0.1, -0.05) is 30.3 Å². The summed E-state index contributed by atoms with van der Waals surface area (Å²) in [6.45, 7) is 7.41. The normalized spacial score (nSPS) is 19.2. The third kappa shape index (κ3) is 4.93. The van der Waals surface area contributed by atoms with E-state index in [0.717, 1.165) is 50.5 Å². The zero-order chi connectivity index (χ0) is 20.1. The molecular formula is C22H28N4O3+2. The zero-order valence-electron chi connectivity index (χ0n) is 16.7. The molecular weight excluding hydrogens is 368 g/mol. The van der Waals surface area contributed by atoms with Gasteiger partial charge in [-0.25, -0.2) is 0 Å². The number of carbonyl (C=O) groups excluding carboxylic acids is 1. The van der Waals surface area contributed by atoms with Gasteiger partial charge < -0.3 is 24.1 Å². The van der Waals surface area contributed by atoms with E-state index in [4.69, 9.17) is 8.94 Å². The Bertz CT molecular complexity index is 927. The number of furan rings is 1. The highest BCUT2D eigenvalue weighted by molar-refractivity contribution is 5.92. The first-order valence-corrected chi connectivity index (χ1v) is 10.3. The van der Waals surface area contributed by atoms with E-state index in [2.05, 4.69) is 23.5 Å². The van der Waals surface area contributed by atoms with Crippen LogP contribution in [-0.2, 0) is 17.8 Å². The Morgan fingerprint density at radius 2 is 1.86 bits per heavy atom. The minimum absolute atomic E-state index is 0.0870. The molecule has 1 aliphatic rings. The van der Waals surface area contributed by atoms with E-state index in [-0.39, 0.29) is 5.91 Å². The minimum Gasteiger partial charge on any atom is -0.461 e. The molecule has 1 saturated heterocycles. The van der Waals surface area contributed by atoms with E-state index in [1.54, 1.807) is 6.26 Å². The van der Waals surface area contributed by atoms with Gasteiger partial charge in [0.05, 0.1) is 6.26 Å². The van der Waals surface area contributed by atoms with Crippen molar-refractivity contribution in [2.75, 3.05) is 38.0 Å². The lowest BCUT2D eigenvalue weighted by molar-refractivity contribution is -1.02. The third-order valence-electron chi connectivity index (χ3n) is 5.50. The van der Waals surface area contributed by atoms with E-state index in [9.17, 15) is 4.79 Å². The van der Waals surface area contributed by atoms with Gasteiger partial charge in [0, 0.05) is 11.8 Å². The Hall–Kier alpha value is -2.90. The van der Waals surface area contributed by atoms with Crippen LogP contribution in [0.1, 0.15) is 18.2 Å². The third-order valence-corrected chi connectivity index (χ3v) is 5.50. The van der Waals surface area contributed by atoms with Crippen LogP contribution < -0.4 is 15.1 Å². The number of para-hydroxylation sites is 1. The lowest BCUT2D eigenvalue weighted by Crippen LogP contribution is -3.28. The Labute approximate surface area is 170 Å². The lowest BCUT2D eigenvalue weighted by Gasteiger charge is -2.28. The number of quaternary nitrogens is 2. The molecule has 0 saturated carbocycles. The Morgan fingerprint density at radius 3 is 2.62 bits per heavy atom. The van der Waals surface area contributed by atoms with E-state index < -0.39 is 0 Å². The molecule has 0 aliphatic carbocycles. The molecule has 1 fully saturated rings. The molecule has 7 nitrogen and oxygen atoms in total. The Balaban J connectivity index is 1.24. The molecule has 3 N–H and O–H groups in total. The summed E-state index contributed by atoms with van der Waals surface area (Å²) in [7, 11) is 0. The molecule has 152 valence electrons. The van der Waals surface area contributed by atoms with Crippen LogP contribution in [0.4, 0.5) is 5.69 Å². The Kier molecular flexibility index (Phi) is 6.07. The second-order valence-corrected chi connectivity index (χ2v) is 7.57. The molecule has 1 aliphatic heterocycles. The fourth-order valence-electron chi connectivity index (χ4n) is 3.87. The van der Waals surface area contributed by atoms with Gasteiger partial charge in [0.2, 0.25) is 5.76 Å². The molecule has 1 amide bonds. The number of benzene rings is 1. The van der Waals surface area contributed by atoms with Crippen LogP contribution in [0.2, 0.25) is 0 Å². The number of nitrogens with one attached hydrogen (secondary N) is 3. The number of piperazine rings is 1. The summed E-state index contributed by atoms with van der Waals surface area (Å²) in [5.74, 6) is 1.45. The van der Waals surface area contributed by atoms with Gasteiger partial charge in [0.25, 0.3) is 5.91 Å². The molecule has 29 heavy (non-hydrogen) atoms. The number of carbonyl (C=O) groups is 1. The molecule has 0 bridgehead atoms. The second kappa shape index (κ2) is 9.07. The summed E-state index contributed by atoms with van der Waals surface area (Å²) in [5.41, 5.74) is 3.04. The van der Waals surface area contributed by atoms with Gasteiger partial charge in [0.1, 0.15) is 38.4 Å². The van der Waals surface area contributed by atoms with Crippen molar-refractivity contribution in [1.82, 2.24) is 5.16 Å². The van der Waals surface area contributed by atoms with Crippen LogP contribution in [0.15, 0.2) is 57.7 Å². The maximum atomic E-state index is 12.5. The van der Waals surface area contributed by atoms with Crippen LogP contribution in [-0.4, -0.2) is 43.8 Å². The smallest absolute Gasteiger partial charge is 0.279 e. The summed E-state index contributed by atoms with van der Waals surface area (Å²) in [6.07, 6.45) is 2.54. The van der Waals surface area contributed by atoms with Gasteiger partial charge in [-0.2, -0.15) is 0 Å². The fourth-order valence-corrected chi connectivity index (χ4v) is 3.87. The number of aryl methyl sites for hydroxylation is 1. The lowest BCUT2D eigenvalue weighted by atomic mass is 10.1. The maximum Gasteiger partial charge on any atom is 0.279 e. The molecule has 0 unspecified atom stereocenters. The summed E-state index contributed by atoms with van der Waals surface area (Å²) in [5, 5.41) is 7.25. The summed E-state index contributed by atoms with van der Waals surface area (Å²) in [4.78, 5) is 15.3. The SMILES string of the molecule is CCc1ccccc1NC(=O)C[NH+]1CC[NH+](Cc2cc(-c3ccco3)on2)CC1. The van der Waals surface area contributed by atoms with Gasteiger partial charge in [-0.05, 0) is 30.2 Å². The number of anilines is 1. The molecule has 2 aromatic heterocycles. The molecule has 1 aromatic carbocycles. The van der Waals surface area contributed by atoms with Crippen LogP contribution in [0.3, 0.4) is 0 Å². The van der Waals surface area contributed by atoms with Gasteiger partial charge in [-0.15, -0.1) is 0 Å². The molecule has 4 rings (SSSR count). The average molecular weight is 396 g/mol. The minimum atomic E-state index is 0.0870. The number of aromatic nitrogens is 1. The highest BCUT2D eigenvalue weighted by Crippen LogP contribution is 2.20. The molecule has 3 aromatic rings. The molecule has 3 heterocycles. The molecule has 0 radical (unpaired) electrons. The highest BCUT2D eigenvalue weighted by Gasteiger charge is 2.26. The van der Waals surface area contributed by atoms with Crippen LogP contribution >= 0.6 is 0 Å². The van der Waals surface area contributed by atoms with Crippen LogP contribution in [0, 0.1) is 0 Å². The van der Waals surface area contributed by atoms with E-state index in [1.165, 1.54) is 15.4 Å². The largest absolute Gasteiger partial charge is 0.461 e. The van der Waals surface area contributed by atoms with Crippen molar-refractivity contribution in [3.05, 3.63) is 60.0 Å². The van der Waals surface area contributed by atoms with Crippen LogP contribution in [0.5, 0.6) is 0 Å². The summed E-state index contributed by atoms with van der Waals surface area (Å²) >= 11 is 0. The van der Waals surface area contributed by atoms with Crippen molar-refractivity contribution in [2.24, 2.45) is 0 Å². The number of rotatable bonds is 7. The summed E-state index contributed by atoms with van der Waals surface area (Å²) in [6, 6.07) is 13.7. The predicted molar refractivity (Wildman–Crippen MR) is 109 cm³/mol. The van der Waals surface area contributed by atoms with Gasteiger partial charge >= 0.3 is 0 Å². The van der Waals surface area contributed by atoms with Gasteiger partial charge in [0.15, 0.2) is 12.3 Å². The monoisotopic (exact) mass is 396 g/mol. The van der Waals surface area contributed by atoms with Crippen molar-refractivity contribution in [1.29, 1.82) is 0 Å². The van der Waals surface area contributed by atoms with Crippen molar-refractivity contribution in [2.45, 2.75) is 19.9 Å². The number of nitrogens with zero attached hydrogens (tertiary/aromatic N) is 1. The standard InChI is InChI=1S/C22H26N4O3/c1-2-17-6-3-4-7-19(17)23-22(27)16-26-11-9-25(10-12-26)15-18-14-21(29-24-18)20-8-5-13-28-20/h3-8,13-14H,2,9-12,15-16H2,1H3,(H,23,27)/p+2. The van der Waals surface area contributed by atoms with Gasteiger partial charge in [-0.3, -0.25) is 4.79 Å². The predicted octanol–water partition coefficient (Wildman–Crippen LogP) is 0.419. The van der Waals surface area contributed by atoms with Crippen molar-refractivity contribution < 1.29 is 23.5 Å². The van der Waals surface area contributed by atoms with E-state index in [1.807, 2.05) is 36.4 Å².